The molecular formula is C36H42N2O8. The van der Waals surface area contributed by atoms with Gasteiger partial charge in [0.2, 0.25) is 5.91 Å². The SMILES string of the molecule is CC1CCC(Cc2cccc(-c3ccc4c(c3O)C(=O)C3C(=O)[C@@]5(O)C(=O)C(C(N)=O)C(=O)[C@H](N(C)C)[C@H]5[C@H](O)[C@H]3[C@@H]4C)c2)CC1. The fourth-order valence-electron chi connectivity index (χ4n) is 8.95. The van der Waals surface area contributed by atoms with Gasteiger partial charge in [-0.2, -0.15) is 0 Å². The lowest BCUT2D eigenvalue weighted by Crippen LogP contribution is -2.77. The van der Waals surface area contributed by atoms with Gasteiger partial charge in [0.15, 0.2) is 34.7 Å². The summed E-state index contributed by atoms with van der Waals surface area (Å²) in [4.78, 5) is 69.0. The van der Waals surface area contributed by atoms with Gasteiger partial charge in [-0.1, -0.05) is 63.1 Å². The van der Waals surface area contributed by atoms with Crippen LogP contribution in [-0.2, 0) is 25.6 Å². The zero-order valence-electron chi connectivity index (χ0n) is 26.6. The predicted octanol–water partition coefficient (Wildman–Crippen LogP) is 2.43. The molecule has 2 aromatic rings. The number of ketones is 4. The molecule has 0 radical (unpaired) electrons. The Morgan fingerprint density at radius 2 is 1.67 bits per heavy atom. The van der Waals surface area contributed by atoms with Crippen molar-refractivity contribution in [2.75, 3.05) is 14.1 Å². The summed E-state index contributed by atoms with van der Waals surface area (Å²) < 4.78 is 0. The average molecular weight is 631 g/mol. The molecule has 3 saturated carbocycles. The maximum atomic E-state index is 14.2. The van der Waals surface area contributed by atoms with Crippen molar-refractivity contribution in [3.63, 3.8) is 0 Å². The number of Topliss-reactive ketones (excluding diaryl/α,β-unsaturated/α-hetero) is 4. The van der Waals surface area contributed by atoms with E-state index in [4.69, 9.17) is 5.73 Å². The molecule has 0 bridgehead atoms. The van der Waals surface area contributed by atoms with Crippen LogP contribution in [0.4, 0.5) is 0 Å². The van der Waals surface area contributed by atoms with E-state index in [2.05, 4.69) is 13.0 Å². The van der Waals surface area contributed by atoms with E-state index in [1.54, 1.807) is 19.1 Å². The minimum absolute atomic E-state index is 0.101. The fourth-order valence-corrected chi connectivity index (χ4v) is 8.95. The van der Waals surface area contributed by atoms with Gasteiger partial charge in [0, 0.05) is 11.5 Å². The predicted molar refractivity (Wildman–Crippen MR) is 168 cm³/mol. The molecule has 2 aromatic carbocycles. The van der Waals surface area contributed by atoms with Crippen LogP contribution in [0, 0.1) is 35.5 Å². The summed E-state index contributed by atoms with van der Waals surface area (Å²) in [5.41, 5.74) is 4.92. The molecule has 1 amide bonds. The molecule has 0 heterocycles. The van der Waals surface area contributed by atoms with Crippen LogP contribution < -0.4 is 5.73 Å². The number of aliphatic hydroxyl groups excluding tert-OH is 1. The van der Waals surface area contributed by atoms with E-state index in [9.17, 15) is 39.3 Å². The van der Waals surface area contributed by atoms with Crippen molar-refractivity contribution in [2.45, 2.75) is 69.6 Å². The number of aliphatic hydroxyl groups is 2. The number of benzene rings is 2. The van der Waals surface area contributed by atoms with Crippen LogP contribution in [0.3, 0.4) is 0 Å². The number of hydrogen-bond donors (Lipinski definition) is 4. The normalized spacial score (nSPS) is 35.8. The van der Waals surface area contributed by atoms with E-state index in [0.29, 0.717) is 22.6 Å². The third-order valence-electron chi connectivity index (χ3n) is 11.4. The summed E-state index contributed by atoms with van der Waals surface area (Å²) in [6.45, 7) is 3.99. The third-order valence-corrected chi connectivity index (χ3v) is 11.4. The second-order valence-electron chi connectivity index (χ2n) is 14.3. The first kappa shape index (κ1) is 32.2. The van der Waals surface area contributed by atoms with Crippen LogP contribution in [0.25, 0.3) is 11.1 Å². The zero-order valence-corrected chi connectivity index (χ0v) is 26.6. The van der Waals surface area contributed by atoms with Gasteiger partial charge in [0.25, 0.3) is 0 Å². The number of phenols is 1. The fraction of sp³-hybridized carbons (Fsp3) is 0.528. The van der Waals surface area contributed by atoms with Crippen molar-refractivity contribution in [3.8, 4) is 16.9 Å². The lowest BCUT2D eigenvalue weighted by molar-refractivity contribution is -0.196. The molecule has 2 unspecified atom stereocenters. The van der Waals surface area contributed by atoms with Crippen LogP contribution in [0.5, 0.6) is 5.75 Å². The molecule has 8 atom stereocenters. The van der Waals surface area contributed by atoms with E-state index in [1.807, 2.05) is 18.2 Å². The van der Waals surface area contributed by atoms with E-state index in [0.717, 1.165) is 17.9 Å². The number of nitrogens with two attached hydrogens (primary N) is 1. The number of carbonyl (C=O) groups is 5. The zero-order chi connectivity index (χ0) is 33.4. The number of hydrogen-bond acceptors (Lipinski definition) is 9. The topological polar surface area (TPSA) is 175 Å². The number of phenolic OH excluding ortho intramolecular Hbond substituents is 1. The first-order chi connectivity index (χ1) is 21.7. The minimum atomic E-state index is -3.02. The Labute approximate surface area is 268 Å². The van der Waals surface area contributed by atoms with Gasteiger partial charge < -0.3 is 21.1 Å². The molecule has 3 fully saturated rings. The van der Waals surface area contributed by atoms with Crippen LogP contribution in [0.15, 0.2) is 36.4 Å². The number of amides is 1. The van der Waals surface area contributed by atoms with Crippen LogP contribution in [0.2, 0.25) is 0 Å². The average Bonchev–Trinajstić information content (AvgIpc) is 3.00. The monoisotopic (exact) mass is 630 g/mol. The van der Waals surface area contributed by atoms with Crippen molar-refractivity contribution in [1.82, 2.24) is 4.90 Å². The van der Waals surface area contributed by atoms with Crippen LogP contribution in [-0.4, -0.2) is 81.1 Å². The Balaban J connectivity index is 1.41. The highest BCUT2D eigenvalue weighted by Crippen LogP contribution is 2.55. The lowest BCUT2D eigenvalue weighted by atomic mass is 9.49. The van der Waals surface area contributed by atoms with E-state index < -0.39 is 76.4 Å². The molecule has 5 N–H and O–H groups in total. The van der Waals surface area contributed by atoms with Gasteiger partial charge in [0.1, 0.15) is 5.75 Å². The van der Waals surface area contributed by atoms with Crippen LogP contribution in [0.1, 0.15) is 66.9 Å². The third kappa shape index (κ3) is 4.67. The van der Waals surface area contributed by atoms with Crippen molar-refractivity contribution in [3.05, 3.63) is 53.1 Å². The van der Waals surface area contributed by atoms with Gasteiger partial charge in [-0.05, 0) is 67.8 Å². The number of aromatic hydroxyl groups is 1. The summed E-state index contributed by atoms with van der Waals surface area (Å²) >= 11 is 0. The Morgan fingerprint density at radius 1 is 1.00 bits per heavy atom. The maximum Gasteiger partial charge on any atom is 0.235 e. The highest BCUT2D eigenvalue weighted by molar-refractivity contribution is 6.32. The smallest absolute Gasteiger partial charge is 0.235 e. The molecule has 244 valence electrons. The molecule has 0 aliphatic heterocycles. The molecule has 10 nitrogen and oxygen atoms in total. The minimum Gasteiger partial charge on any atom is -0.507 e. The Bertz CT molecular complexity index is 1640. The summed E-state index contributed by atoms with van der Waals surface area (Å²) in [5, 5.41) is 35.3. The number of fused-ring (bicyclic) bond motifs is 3. The maximum absolute atomic E-state index is 14.2. The molecule has 4 aliphatic rings. The van der Waals surface area contributed by atoms with Gasteiger partial charge in [-0.15, -0.1) is 0 Å². The van der Waals surface area contributed by atoms with Crippen molar-refractivity contribution < 1.29 is 39.3 Å². The Kier molecular flexibility index (Phi) is 8.06. The van der Waals surface area contributed by atoms with E-state index >= 15 is 0 Å². The molecule has 10 heteroatoms. The van der Waals surface area contributed by atoms with E-state index in [-0.39, 0.29) is 11.3 Å². The molecule has 0 aromatic heterocycles. The van der Waals surface area contributed by atoms with Gasteiger partial charge >= 0.3 is 0 Å². The van der Waals surface area contributed by atoms with Gasteiger partial charge in [0.05, 0.1) is 29.5 Å². The van der Waals surface area contributed by atoms with Crippen LogP contribution >= 0.6 is 0 Å². The second-order valence-corrected chi connectivity index (χ2v) is 14.3. The molecule has 4 aliphatic carbocycles. The highest BCUT2D eigenvalue weighted by atomic mass is 16.3. The van der Waals surface area contributed by atoms with Crippen molar-refractivity contribution in [1.29, 1.82) is 0 Å². The summed E-state index contributed by atoms with van der Waals surface area (Å²) in [6, 6.07) is 9.85. The standard InChI is InChI=1S/C36H42N2O8/c1-16-8-10-18(11-9-16)14-19-6-5-7-20(15-19)22-13-12-21-17(2)23-25(30(40)24(21)29(22)39)33(43)36(46)27(31(23)41)28(38(3)4)32(42)26(34(36)44)35(37)45/h5-7,12-13,15-18,23,25-28,31,39,41,46H,8-11,14H2,1-4H3,(H2,37,45)/t16?,17-,18?,23+,25?,26?,27+,28-,31-,36-/m1/s1. The summed E-state index contributed by atoms with van der Waals surface area (Å²) in [5.74, 6) is -11.9. The number of likely N-dealkylation sites (N-methyl/N-ethyl adjacent to an activating group) is 1. The first-order valence-electron chi connectivity index (χ1n) is 16.2. The quantitative estimate of drug-likeness (QED) is 0.362. The van der Waals surface area contributed by atoms with Crippen molar-refractivity contribution >= 4 is 29.0 Å². The Hall–Kier alpha value is -3.73. The molecular weight excluding hydrogens is 588 g/mol. The molecule has 0 spiro atoms. The number of nitrogens with zero attached hydrogens (tertiary/aromatic N) is 1. The highest BCUT2D eigenvalue weighted by Gasteiger charge is 2.72. The largest absolute Gasteiger partial charge is 0.507 e. The van der Waals surface area contributed by atoms with Crippen molar-refractivity contribution in [2.24, 2.45) is 41.2 Å². The number of rotatable bonds is 5. The Morgan fingerprint density at radius 3 is 2.30 bits per heavy atom. The summed E-state index contributed by atoms with van der Waals surface area (Å²) in [7, 11) is 2.93. The second kappa shape index (κ2) is 11.5. The molecule has 6 rings (SSSR count). The first-order valence-corrected chi connectivity index (χ1v) is 16.2. The summed E-state index contributed by atoms with van der Waals surface area (Å²) in [6.07, 6.45) is 4.02. The number of carbonyl (C=O) groups excluding carboxylic acids is 5. The van der Waals surface area contributed by atoms with E-state index in [1.165, 1.54) is 44.7 Å². The molecule has 46 heavy (non-hydrogen) atoms. The lowest BCUT2D eigenvalue weighted by Gasteiger charge is -2.56. The van der Waals surface area contributed by atoms with Gasteiger partial charge in [-0.3, -0.25) is 28.9 Å². The van der Waals surface area contributed by atoms with Gasteiger partial charge in [-0.25, -0.2) is 0 Å². The molecule has 0 saturated heterocycles. The number of primary amides is 1.